The van der Waals surface area contributed by atoms with E-state index in [1.165, 1.54) is 32.1 Å². The van der Waals surface area contributed by atoms with E-state index in [0.29, 0.717) is 36.1 Å². The first kappa shape index (κ1) is 16.3. The second-order valence-corrected chi connectivity index (χ2v) is 10.1. The summed E-state index contributed by atoms with van der Waals surface area (Å²) in [7, 11) is 0. The fraction of sp³-hybridized carbons (Fsp3) is 0.952. The fourth-order valence-corrected chi connectivity index (χ4v) is 7.92. The lowest BCUT2D eigenvalue weighted by atomic mass is 9.56. The van der Waals surface area contributed by atoms with Gasteiger partial charge in [0.2, 0.25) is 17.5 Å². The van der Waals surface area contributed by atoms with Crippen LogP contribution in [0.5, 0.6) is 0 Å². The van der Waals surface area contributed by atoms with Crippen LogP contribution in [0.15, 0.2) is 0 Å². The van der Waals surface area contributed by atoms with Crippen molar-refractivity contribution in [3.63, 3.8) is 0 Å². The number of hydrogen-bond acceptors (Lipinski definition) is 4. The second kappa shape index (κ2) is 5.24. The predicted molar refractivity (Wildman–Crippen MR) is 93.5 cm³/mol. The molecule has 6 rings (SSSR count). The van der Waals surface area contributed by atoms with Gasteiger partial charge in [0.1, 0.15) is 0 Å². The molecule has 5 saturated carbocycles. The van der Waals surface area contributed by atoms with Crippen LogP contribution in [-0.2, 0) is 19.3 Å². The minimum atomic E-state index is -0.549. The maximum atomic E-state index is 11.9. The highest BCUT2D eigenvalue weighted by molar-refractivity contribution is 5.76. The van der Waals surface area contributed by atoms with E-state index in [2.05, 4.69) is 5.32 Å². The maximum absolute atomic E-state index is 11.9. The van der Waals surface area contributed by atoms with Crippen molar-refractivity contribution in [2.24, 2.45) is 35.0 Å². The van der Waals surface area contributed by atoms with Crippen molar-refractivity contribution < 1.29 is 19.3 Å². The van der Waals surface area contributed by atoms with Crippen LogP contribution < -0.4 is 5.32 Å². The Hall–Kier alpha value is -0.650. The smallest absolute Gasteiger partial charge is 0.220 e. The summed E-state index contributed by atoms with van der Waals surface area (Å²) in [6.07, 6.45) is 11.0. The average molecular weight is 361 g/mol. The molecule has 0 aromatic carbocycles. The molecule has 144 valence electrons. The normalized spacial score (nSPS) is 56.1. The van der Waals surface area contributed by atoms with Crippen LogP contribution >= 0.6 is 0 Å². The van der Waals surface area contributed by atoms with Gasteiger partial charge in [-0.1, -0.05) is 0 Å². The molecule has 5 nitrogen and oxygen atoms in total. The Kier molecular flexibility index (Phi) is 3.29. The number of rotatable bonds is 3. The largest absolute Gasteiger partial charge is 0.356 e. The van der Waals surface area contributed by atoms with E-state index in [0.717, 1.165) is 37.5 Å². The summed E-state index contributed by atoms with van der Waals surface area (Å²) in [4.78, 5) is 24.0. The number of ether oxygens (including phenoxy) is 1. The lowest BCUT2D eigenvalue weighted by molar-refractivity contribution is -0.375. The van der Waals surface area contributed by atoms with Crippen LogP contribution in [0.25, 0.3) is 0 Å². The Morgan fingerprint density at radius 1 is 1.00 bits per heavy atom. The quantitative estimate of drug-likeness (QED) is 0.782. The zero-order valence-corrected chi connectivity index (χ0v) is 15.8. The summed E-state index contributed by atoms with van der Waals surface area (Å²) in [6.45, 7) is 2.68. The Morgan fingerprint density at radius 2 is 1.65 bits per heavy atom. The van der Waals surface area contributed by atoms with Crippen molar-refractivity contribution in [2.45, 2.75) is 82.7 Å². The van der Waals surface area contributed by atoms with Gasteiger partial charge in [-0.15, -0.1) is 0 Å². The van der Waals surface area contributed by atoms with Gasteiger partial charge in [0.05, 0.1) is 0 Å². The van der Waals surface area contributed by atoms with Gasteiger partial charge in [0, 0.05) is 37.6 Å². The predicted octanol–water partition coefficient (Wildman–Crippen LogP) is 3.53. The minimum Gasteiger partial charge on any atom is -0.356 e. The van der Waals surface area contributed by atoms with Gasteiger partial charge < -0.3 is 10.1 Å². The van der Waals surface area contributed by atoms with E-state index in [9.17, 15) is 4.79 Å². The molecule has 0 aromatic heterocycles. The highest BCUT2D eigenvalue weighted by atomic mass is 17.3. The summed E-state index contributed by atoms with van der Waals surface area (Å²) < 4.78 is 6.80. The van der Waals surface area contributed by atoms with Crippen molar-refractivity contribution in [1.29, 1.82) is 0 Å². The molecule has 1 N–H and O–H groups in total. The molecule has 4 atom stereocenters. The molecule has 5 heteroatoms. The Balaban J connectivity index is 1.15. The van der Waals surface area contributed by atoms with Crippen LogP contribution in [0, 0.1) is 35.0 Å². The molecule has 1 heterocycles. The van der Waals surface area contributed by atoms with Crippen molar-refractivity contribution >= 4 is 5.91 Å². The van der Waals surface area contributed by atoms with Crippen LogP contribution in [0.4, 0.5) is 0 Å². The van der Waals surface area contributed by atoms with Crippen LogP contribution in [0.1, 0.15) is 71.1 Å². The SMILES string of the molecule is CCNC(=O)C[C@H]1CC[C@]2(CC1)OO[C@]1(O2)C2CC3CC4CC1CC34C2. The number of nitrogens with one attached hydrogen (secondary N) is 1. The first-order chi connectivity index (χ1) is 12.6. The van der Waals surface area contributed by atoms with Gasteiger partial charge in [-0.2, -0.15) is 9.78 Å². The monoisotopic (exact) mass is 361 g/mol. The van der Waals surface area contributed by atoms with Crippen molar-refractivity contribution in [2.75, 3.05) is 6.54 Å². The van der Waals surface area contributed by atoms with E-state index < -0.39 is 11.6 Å². The van der Waals surface area contributed by atoms with Crippen molar-refractivity contribution in [3.8, 4) is 0 Å². The summed E-state index contributed by atoms with van der Waals surface area (Å²) in [5.74, 6) is 2.54. The van der Waals surface area contributed by atoms with E-state index in [4.69, 9.17) is 14.5 Å². The van der Waals surface area contributed by atoms with Gasteiger partial charge in [-0.25, -0.2) is 0 Å². The lowest BCUT2D eigenvalue weighted by Gasteiger charge is -2.49. The van der Waals surface area contributed by atoms with Crippen LogP contribution in [0.3, 0.4) is 0 Å². The molecule has 3 spiro atoms. The molecule has 0 radical (unpaired) electrons. The average Bonchev–Trinajstić information content (AvgIpc) is 3.20. The first-order valence-corrected chi connectivity index (χ1v) is 10.9. The molecule has 6 fully saturated rings. The zero-order valence-electron chi connectivity index (χ0n) is 15.8. The highest BCUT2D eigenvalue weighted by Crippen LogP contribution is 2.79. The summed E-state index contributed by atoms with van der Waals surface area (Å²) in [5.41, 5.74) is 0.660. The molecular formula is C21H31NO4. The van der Waals surface area contributed by atoms with Crippen molar-refractivity contribution in [1.82, 2.24) is 5.32 Å². The molecular weight excluding hydrogens is 330 g/mol. The van der Waals surface area contributed by atoms with Gasteiger partial charge in [0.15, 0.2) is 0 Å². The third-order valence-electron chi connectivity index (χ3n) is 9.11. The summed E-state index contributed by atoms with van der Waals surface area (Å²) in [5, 5.41) is 2.92. The van der Waals surface area contributed by atoms with Crippen molar-refractivity contribution in [3.05, 3.63) is 0 Å². The first-order valence-electron chi connectivity index (χ1n) is 10.9. The molecule has 1 amide bonds. The highest BCUT2D eigenvalue weighted by Gasteiger charge is 2.77. The van der Waals surface area contributed by atoms with E-state index in [-0.39, 0.29) is 5.91 Å². The number of carbonyl (C=O) groups excluding carboxylic acids is 1. The number of amides is 1. The Morgan fingerprint density at radius 3 is 2.31 bits per heavy atom. The molecule has 4 unspecified atom stereocenters. The lowest BCUT2D eigenvalue weighted by Crippen LogP contribution is -2.50. The third kappa shape index (κ3) is 1.95. The molecule has 1 saturated heterocycles. The topological polar surface area (TPSA) is 56.8 Å². The van der Waals surface area contributed by atoms with E-state index in [1.54, 1.807) is 0 Å². The fourth-order valence-electron chi connectivity index (χ4n) is 7.92. The number of fused-ring (bicyclic) bond motifs is 4. The Labute approximate surface area is 155 Å². The Bertz CT molecular complexity index is 602. The maximum Gasteiger partial charge on any atom is 0.220 e. The molecule has 26 heavy (non-hydrogen) atoms. The standard InChI is InChI=1S/C21H31NO4/c1-2-22-18(23)7-13-3-5-20(6-4-13)24-21(26-25-20)16-9-14-8-15-10-17(21)12-19(14,15)11-16/h13-17H,2-12H2,1H3,(H,22,23)/t13-,14?,15?,16?,17?,19?,20+,21?. The van der Waals surface area contributed by atoms with E-state index >= 15 is 0 Å². The summed E-state index contributed by atoms with van der Waals surface area (Å²) in [6, 6.07) is 0. The minimum absolute atomic E-state index is 0.175. The van der Waals surface area contributed by atoms with Gasteiger partial charge in [-0.3, -0.25) is 4.79 Å². The molecule has 0 aromatic rings. The third-order valence-corrected chi connectivity index (χ3v) is 9.11. The van der Waals surface area contributed by atoms with Crippen LogP contribution in [-0.4, -0.2) is 24.0 Å². The van der Waals surface area contributed by atoms with Crippen LogP contribution in [0.2, 0.25) is 0 Å². The molecule has 5 aliphatic carbocycles. The second-order valence-electron chi connectivity index (χ2n) is 10.1. The number of hydrogen-bond donors (Lipinski definition) is 1. The zero-order chi connectivity index (χ0) is 17.6. The summed E-state index contributed by atoms with van der Waals surface area (Å²) >= 11 is 0. The van der Waals surface area contributed by atoms with E-state index in [1.807, 2.05) is 6.92 Å². The molecule has 6 aliphatic rings. The van der Waals surface area contributed by atoms with Gasteiger partial charge in [-0.05, 0) is 75.0 Å². The number of carbonyl (C=O) groups is 1. The molecule has 3 bridgehead atoms. The van der Waals surface area contributed by atoms with Gasteiger partial charge >= 0.3 is 0 Å². The molecule has 1 aliphatic heterocycles. The van der Waals surface area contributed by atoms with Gasteiger partial charge in [0.25, 0.3) is 0 Å².